The number of nitrogens with zero attached hydrogens (tertiary/aromatic N) is 1. The molecule has 0 aliphatic heterocycles. The fraction of sp³-hybridized carbons (Fsp3) is 0.500. The fourth-order valence-corrected chi connectivity index (χ4v) is 0.281. The van der Waals surface area contributed by atoms with E-state index in [4.69, 9.17) is 0 Å². The van der Waals surface area contributed by atoms with Crippen LogP contribution in [-0.2, 0) is 0 Å². The van der Waals surface area contributed by atoms with E-state index in [2.05, 4.69) is 4.99 Å². The fourth-order valence-electron chi connectivity index (χ4n) is 0.281. The monoisotopic (exact) mass is 151 g/mol. The summed E-state index contributed by atoms with van der Waals surface area (Å²) in [5.41, 5.74) is -0.641. The van der Waals surface area contributed by atoms with E-state index < -0.39 is 11.7 Å². The summed E-state index contributed by atoms with van der Waals surface area (Å²) in [6, 6.07) is 0. The van der Waals surface area contributed by atoms with Crippen molar-refractivity contribution in [2.45, 2.75) is 13.1 Å². The Kier molecular flexibility index (Phi) is 3.12. The number of hydrogen-bond acceptors (Lipinski definition) is 1. The Hall–Kier alpha value is -0.800. The Morgan fingerprint density at radius 1 is 1.40 bits per heavy atom. The van der Waals surface area contributed by atoms with Crippen molar-refractivity contribution in [1.29, 1.82) is 0 Å². The van der Waals surface area contributed by atoms with Gasteiger partial charge in [-0.3, -0.25) is 4.99 Å². The van der Waals surface area contributed by atoms with Crippen LogP contribution in [0, 0.1) is 0 Å². The zero-order valence-electron chi connectivity index (χ0n) is 5.74. The highest BCUT2D eigenvalue weighted by atomic mass is 19.4. The van der Waals surface area contributed by atoms with E-state index in [9.17, 15) is 13.2 Å². The standard InChI is InChI=1S/C6H8F3N/c1-5(3-4-10-2)6(7,8)9/h3-4H,1-2H3/b5-3+,10-4?. The molecule has 0 fully saturated rings. The van der Waals surface area contributed by atoms with Crippen LogP contribution < -0.4 is 0 Å². The van der Waals surface area contributed by atoms with Crippen molar-refractivity contribution in [2.24, 2.45) is 4.99 Å². The van der Waals surface area contributed by atoms with Gasteiger partial charge in [0.2, 0.25) is 0 Å². The SMILES string of the molecule is CN=C/C=C(\C)C(F)(F)F. The molecule has 0 saturated carbocycles. The second kappa shape index (κ2) is 3.39. The maximum atomic E-state index is 11.6. The van der Waals surface area contributed by atoms with E-state index >= 15 is 0 Å². The van der Waals surface area contributed by atoms with E-state index in [0.29, 0.717) is 0 Å². The van der Waals surface area contributed by atoms with E-state index in [1.54, 1.807) is 0 Å². The Morgan fingerprint density at radius 2 is 1.90 bits per heavy atom. The summed E-state index contributed by atoms with van der Waals surface area (Å²) >= 11 is 0. The predicted molar refractivity (Wildman–Crippen MR) is 34.2 cm³/mol. The van der Waals surface area contributed by atoms with Gasteiger partial charge in [-0.15, -0.1) is 0 Å². The number of halogens is 3. The van der Waals surface area contributed by atoms with Crippen LogP contribution in [0.3, 0.4) is 0 Å². The molecule has 0 heterocycles. The van der Waals surface area contributed by atoms with Gasteiger partial charge in [0, 0.05) is 18.8 Å². The van der Waals surface area contributed by atoms with Crippen LogP contribution in [0.2, 0.25) is 0 Å². The minimum absolute atomic E-state index is 0.641. The van der Waals surface area contributed by atoms with Crippen LogP contribution in [-0.4, -0.2) is 19.4 Å². The van der Waals surface area contributed by atoms with Crippen molar-refractivity contribution >= 4 is 6.21 Å². The molecule has 10 heavy (non-hydrogen) atoms. The van der Waals surface area contributed by atoms with E-state index in [1.165, 1.54) is 7.05 Å². The quantitative estimate of drug-likeness (QED) is 0.509. The Balaban J connectivity index is 4.20. The summed E-state index contributed by atoms with van der Waals surface area (Å²) in [6.07, 6.45) is -2.18. The molecule has 1 nitrogen and oxygen atoms in total. The summed E-state index contributed by atoms with van der Waals surface area (Å²) in [7, 11) is 1.42. The Bertz CT molecular complexity index is 155. The van der Waals surface area contributed by atoms with Gasteiger partial charge < -0.3 is 0 Å². The van der Waals surface area contributed by atoms with Crippen LogP contribution in [0.25, 0.3) is 0 Å². The number of rotatable bonds is 1. The van der Waals surface area contributed by atoms with E-state index in [0.717, 1.165) is 19.2 Å². The molecule has 0 aromatic rings. The normalized spacial score (nSPS) is 14.7. The molecule has 0 spiro atoms. The lowest BCUT2D eigenvalue weighted by atomic mass is 10.3. The number of alkyl halides is 3. The third-order valence-corrected chi connectivity index (χ3v) is 0.921. The molecule has 0 atom stereocenters. The second-order valence-electron chi connectivity index (χ2n) is 1.75. The minimum atomic E-state index is -4.22. The molecular formula is C6H8F3N. The van der Waals surface area contributed by atoms with Crippen LogP contribution >= 0.6 is 0 Å². The molecule has 0 aromatic carbocycles. The van der Waals surface area contributed by atoms with Gasteiger partial charge in [-0.25, -0.2) is 0 Å². The lowest BCUT2D eigenvalue weighted by molar-refractivity contribution is -0.0911. The van der Waals surface area contributed by atoms with Crippen molar-refractivity contribution in [3.8, 4) is 0 Å². The molecule has 0 aromatic heterocycles. The van der Waals surface area contributed by atoms with Gasteiger partial charge in [0.05, 0.1) is 0 Å². The average Bonchev–Trinajstić information content (AvgIpc) is 1.80. The van der Waals surface area contributed by atoms with E-state index in [1.807, 2.05) is 0 Å². The second-order valence-corrected chi connectivity index (χ2v) is 1.75. The third kappa shape index (κ3) is 3.27. The Morgan fingerprint density at radius 3 is 2.20 bits per heavy atom. The van der Waals surface area contributed by atoms with Gasteiger partial charge in [0.25, 0.3) is 0 Å². The zero-order valence-corrected chi connectivity index (χ0v) is 5.74. The molecule has 0 saturated heterocycles. The van der Waals surface area contributed by atoms with Gasteiger partial charge in [-0.05, 0) is 13.0 Å². The summed E-state index contributed by atoms with van der Waals surface area (Å²) in [4.78, 5) is 3.39. The number of aliphatic imine (C=N–C) groups is 1. The molecule has 4 heteroatoms. The molecule has 0 bridgehead atoms. The van der Waals surface area contributed by atoms with Crippen LogP contribution in [0.5, 0.6) is 0 Å². The maximum Gasteiger partial charge on any atom is 0.412 e. The van der Waals surface area contributed by atoms with Crippen LogP contribution in [0.1, 0.15) is 6.92 Å². The molecule has 0 aliphatic carbocycles. The first kappa shape index (κ1) is 9.20. The summed E-state index contributed by atoms with van der Waals surface area (Å²) < 4.78 is 34.9. The molecule has 0 N–H and O–H groups in total. The summed E-state index contributed by atoms with van der Waals surface area (Å²) in [5.74, 6) is 0. The summed E-state index contributed by atoms with van der Waals surface area (Å²) in [5, 5.41) is 0. The molecule has 0 aliphatic rings. The van der Waals surface area contributed by atoms with Crippen LogP contribution in [0.15, 0.2) is 16.6 Å². The molecule has 0 radical (unpaired) electrons. The Labute approximate surface area is 57.3 Å². The molecule has 0 unspecified atom stereocenters. The first-order valence-corrected chi connectivity index (χ1v) is 2.64. The average molecular weight is 151 g/mol. The molecule has 0 rings (SSSR count). The zero-order chi connectivity index (χ0) is 8.20. The van der Waals surface area contributed by atoms with Gasteiger partial charge in [-0.2, -0.15) is 13.2 Å². The van der Waals surface area contributed by atoms with Crippen LogP contribution in [0.4, 0.5) is 13.2 Å². The minimum Gasteiger partial charge on any atom is -0.297 e. The van der Waals surface area contributed by atoms with Gasteiger partial charge in [0.1, 0.15) is 0 Å². The van der Waals surface area contributed by atoms with Gasteiger partial charge in [0.15, 0.2) is 0 Å². The molecule has 0 amide bonds. The first-order chi connectivity index (χ1) is 4.48. The van der Waals surface area contributed by atoms with Crippen molar-refractivity contribution < 1.29 is 13.2 Å². The lowest BCUT2D eigenvalue weighted by Gasteiger charge is -2.03. The highest BCUT2D eigenvalue weighted by molar-refractivity contribution is 5.72. The first-order valence-electron chi connectivity index (χ1n) is 2.64. The molecule has 58 valence electrons. The number of allylic oxidation sites excluding steroid dienone is 2. The van der Waals surface area contributed by atoms with E-state index in [-0.39, 0.29) is 0 Å². The van der Waals surface area contributed by atoms with Gasteiger partial charge >= 0.3 is 6.18 Å². The predicted octanol–water partition coefficient (Wildman–Crippen LogP) is 2.20. The van der Waals surface area contributed by atoms with Crippen molar-refractivity contribution in [3.63, 3.8) is 0 Å². The highest BCUT2D eigenvalue weighted by Crippen LogP contribution is 2.23. The topological polar surface area (TPSA) is 12.4 Å². The number of hydrogen-bond donors (Lipinski definition) is 0. The largest absolute Gasteiger partial charge is 0.412 e. The van der Waals surface area contributed by atoms with Crippen molar-refractivity contribution in [1.82, 2.24) is 0 Å². The highest BCUT2D eigenvalue weighted by Gasteiger charge is 2.29. The maximum absolute atomic E-state index is 11.6. The smallest absolute Gasteiger partial charge is 0.297 e. The van der Waals surface area contributed by atoms with Crippen molar-refractivity contribution in [2.75, 3.05) is 7.05 Å². The van der Waals surface area contributed by atoms with Gasteiger partial charge in [-0.1, -0.05) is 0 Å². The lowest BCUT2D eigenvalue weighted by Crippen LogP contribution is -2.08. The van der Waals surface area contributed by atoms with Crippen molar-refractivity contribution in [3.05, 3.63) is 11.6 Å². The summed E-state index contributed by atoms with van der Waals surface area (Å²) in [6.45, 7) is 1.00. The molecular weight excluding hydrogens is 143 g/mol. The third-order valence-electron chi connectivity index (χ3n) is 0.921.